The molecule has 0 radical (unpaired) electrons. The van der Waals surface area contributed by atoms with Crippen LogP contribution in [0, 0.1) is 0 Å². The van der Waals surface area contributed by atoms with Crippen molar-refractivity contribution in [3.05, 3.63) is 48.0 Å². The normalized spacial score (nSPS) is 21.3. The average Bonchev–Trinajstić information content (AvgIpc) is 2.81. The lowest BCUT2D eigenvalue weighted by molar-refractivity contribution is 0.0985. The highest BCUT2D eigenvalue weighted by Crippen LogP contribution is 2.42. The highest BCUT2D eigenvalue weighted by molar-refractivity contribution is 7.99. The number of hydrogen-bond donors (Lipinski definition) is 1. The first kappa shape index (κ1) is 19.8. The predicted octanol–water partition coefficient (Wildman–Crippen LogP) is 5.61. The molecule has 0 aliphatic carbocycles. The molecule has 2 atom stereocenters. The Labute approximate surface area is 176 Å². The maximum absolute atomic E-state index is 13.1. The van der Waals surface area contributed by atoms with E-state index in [1.807, 2.05) is 54.3 Å². The number of benzene rings is 2. The van der Waals surface area contributed by atoms with E-state index in [9.17, 15) is 9.59 Å². The number of anilines is 2. The highest BCUT2D eigenvalue weighted by atomic mass is 32.2. The number of carbonyl (C=O) groups excluding carboxylic acids is 2. The largest absolute Gasteiger partial charge is 0.322 e. The fourth-order valence-electron chi connectivity index (χ4n) is 4.32. The number of rotatable bonds is 2. The van der Waals surface area contributed by atoms with Crippen LogP contribution in [0.1, 0.15) is 50.4 Å². The van der Waals surface area contributed by atoms with Gasteiger partial charge in [-0.05, 0) is 70.4 Å². The Bertz CT molecular complexity index is 935. The summed E-state index contributed by atoms with van der Waals surface area (Å²) in [4.78, 5) is 31.8. The third-order valence-corrected chi connectivity index (χ3v) is 6.97. The minimum absolute atomic E-state index is 0.00361. The molecule has 29 heavy (non-hydrogen) atoms. The lowest BCUT2D eigenvalue weighted by Crippen LogP contribution is -2.49. The van der Waals surface area contributed by atoms with Crippen molar-refractivity contribution in [3.8, 4) is 0 Å². The molecule has 4 rings (SSSR count). The zero-order valence-corrected chi connectivity index (χ0v) is 18.0. The van der Waals surface area contributed by atoms with Crippen LogP contribution in [0.4, 0.5) is 16.2 Å². The van der Waals surface area contributed by atoms with Crippen LogP contribution in [0.3, 0.4) is 0 Å². The van der Waals surface area contributed by atoms with Gasteiger partial charge < -0.3 is 15.1 Å². The second-order valence-electron chi connectivity index (χ2n) is 7.80. The van der Waals surface area contributed by atoms with Crippen molar-refractivity contribution in [3.63, 3.8) is 0 Å². The quantitative estimate of drug-likeness (QED) is 0.701. The summed E-state index contributed by atoms with van der Waals surface area (Å²) < 4.78 is 0. The second kappa shape index (κ2) is 8.11. The summed E-state index contributed by atoms with van der Waals surface area (Å²) in [6.45, 7) is 6.76. The Morgan fingerprint density at radius 3 is 2.55 bits per heavy atom. The molecule has 2 heterocycles. The maximum Gasteiger partial charge on any atom is 0.322 e. The number of fused-ring (bicyclic) bond motifs is 2. The molecular weight excluding hydrogens is 382 g/mol. The fraction of sp³-hybridized carbons (Fsp3) is 0.391. The van der Waals surface area contributed by atoms with Gasteiger partial charge in [-0.2, -0.15) is 0 Å². The van der Waals surface area contributed by atoms with E-state index in [2.05, 4.69) is 19.2 Å². The van der Waals surface area contributed by atoms with Crippen molar-refractivity contribution in [2.75, 3.05) is 16.8 Å². The molecule has 1 N–H and O–H groups in total. The summed E-state index contributed by atoms with van der Waals surface area (Å²) in [5.74, 6) is -0.00361. The lowest BCUT2D eigenvalue weighted by Gasteiger charge is -2.39. The van der Waals surface area contributed by atoms with Crippen molar-refractivity contribution < 1.29 is 9.59 Å². The van der Waals surface area contributed by atoms with Gasteiger partial charge in [0, 0.05) is 34.1 Å². The van der Waals surface area contributed by atoms with E-state index in [-0.39, 0.29) is 24.0 Å². The van der Waals surface area contributed by atoms with Gasteiger partial charge in [-0.1, -0.05) is 23.9 Å². The summed E-state index contributed by atoms with van der Waals surface area (Å²) in [6, 6.07) is 14.0. The molecule has 6 heteroatoms. The molecular formula is C23H27N3O2S. The minimum Gasteiger partial charge on any atom is -0.319 e. The predicted molar refractivity (Wildman–Crippen MR) is 118 cm³/mol. The summed E-state index contributed by atoms with van der Waals surface area (Å²) in [7, 11) is 0. The van der Waals surface area contributed by atoms with Crippen LogP contribution < -0.4 is 10.2 Å². The highest BCUT2D eigenvalue weighted by Gasteiger charge is 2.30. The Kier molecular flexibility index (Phi) is 5.54. The topological polar surface area (TPSA) is 52.7 Å². The number of amides is 3. The molecule has 0 aromatic heterocycles. The zero-order chi connectivity index (χ0) is 20.5. The molecule has 2 aliphatic heterocycles. The third-order valence-electron chi connectivity index (χ3n) is 5.83. The van der Waals surface area contributed by atoms with Crippen LogP contribution in [0.5, 0.6) is 0 Å². The van der Waals surface area contributed by atoms with Crippen molar-refractivity contribution in [1.29, 1.82) is 0 Å². The van der Waals surface area contributed by atoms with Gasteiger partial charge in [-0.15, -0.1) is 0 Å². The molecule has 0 saturated carbocycles. The SMILES string of the molecule is CCN1C(=O)c2ccccc2Sc2ccc(NC(=O)N3[C@H](C)CCC[C@H]3C)cc21. The maximum atomic E-state index is 13.1. The third kappa shape index (κ3) is 3.73. The van der Waals surface area contributed by atoms with Gasteiger partial charge in [-0.25, -0.2) is 4.79 Å². The van der Waals surface area contributed by atoms with E-state index in [0.29, 0.717) is 6.54 Å². The molecule has 2 aromatic rings. The summed E-state index contributed by atoms with van der Waals surface area (Å²) in [5.41, 5.74) is 2.28. The van der Waals surface area contributed by atoms with Crippen LogP contribution in [-0.4, -0.2) is 35.5 Å². The van der Waals surface area contributed by atoms with Gasteiger partial charge in [0.15, 0.2) is 0 Å². The molecule has 3 amide bonds. The number of likely N-dealkylation sites (tertiary alicyclic amines) is 1. The van der Waals surface area contributed by atoms with Crippen molar-refractivity contribution >= 4 is 35.1 Å². The molecule has 152 valence electrons. The van der Waals surface area contributed by atoms with E-state index in [4.69, 9.17) is 0 Å². The lowest BCUT2D eigenvalue weighted by atomic mass is 9.98. The standard InChI is InChI=1S/C23H27N3O2S/c1-4-25-19-14-17(24-23(28)26-15(2)8-7-9-16(26)3)12-13-21(19)29-20-11-6-5-10-18(20)22(25)27/h5-6,10-16H,4,7-9H2,1-3H3,(H,24,28)/t15-,16-/m1/s1. The Balaban J connectivity index is 1.64. The number of carbonyl (C=O) groups is 2. The van der Waals surface area contributed by atoms with E-state index < -0.39 is 0 Å². The van der Waals surface area contributed by atoms with Crippen LogP contribution >= 0.6 is 11.8 Å². The smallest absolute Gasteiger partial charge is 0.319 e. The Morgan fingerprint density at radius 2 is 1.83 bits per heavy atom. The molecule has 0 spiro atoms. The first-order valence-electron chi connectivity index (χ1n) is 10.3. The van der Waals surface area contributed by atoms with Gasteiger partial charge >= 0.3 is 6.03 Å². The number of urea groups is 1. The van der Waals surface area contributed by atoms with Crippen LogP contribution in [0.2, 0.25) is 0 Å². The molecule has 5 nitrogen and oxygen atoms in total. The molecule has 0 bridgehead atoms. The molecule has 2 aliphatic rings. The van der Waals surface area contributed by atoms with Crippen LogP contribution in [0.25, 0.3) is 0 Å². The van der Waals surface area contributed by atoms with Crippen molar-refractivity contribution in [2.24, 2.45) is 0 Å². The minimum atomic E-state index is -0.0661. The van der Waals surface area contributed by atoms with Crippen LogP contribution in [0.15, 0.2) is 52.3 Å². The van der Waals surface area contributed by atoms with E-state index in [1.165, 1.54) is 0 Å². The zero-order valence-electron chi connectivity index (χ0n) is 17.1. The average molecular weight is 410 g/mol. The number of piperidine rings is 1. The Morgan fingerprint density at radius 1 is 1.10 bits per heavy atom. The van der Waals surface area contributed by atoms with Gasteiger partial charge in [0.25, 0.3) is 5.91 Å². The van der Waals surface area contributed by atoms with Crippen LogP contribution in [-0.2, 0) is 0 Å². The van der Waals surface area contributed by atoms with Crippen molar-refractivity contribution in [1.82, 2.24) is 4.90 Å². The fourth-order valence-corrected chi connectivity index (χ4v) is 5.38. The van der Waals surface area contributed by atoms with Gasteiger partial charge in [-0.3, -0.25) is 4.79 Å². The number of nitrogens with zero attached hydrogens (tertiary/aromatic N) is 2. The molecule has 0 unspecified atom stereocenters. The summed E-state index contributed by atoms with van der Waals surface area (Å²) in [5, 5.41) is 3.06. The van der Waals surface area contributed by atoms with E-state index >= 15 is 0 Å². The van der Waals surface area contributed by atoms with Gasteiger partial charge in [0.05, 0.1) is 11.3 Å². The van der Waals surface area contributed by atoms with Crippen molar-refractivity contribution in [2.45, 2.75) is 61.9 Å². The number of nitrogens with one attached hydrogen (secondary N) is 1. The van der Waals surface area contributed by atoms with E-state index in [1.54, 1.807) is 16.7 Å². The molecule has 2 aromatic carbocycles. The monoisotopic (exact) mass is 409 g/mol. The number of hydrogen-bond acceptors (Lipinski definition) is 3. The second-order valence-corrected chi connectivity index (χ2v) is 8.88. The van der Waals surface area contributed by atoms with Gasteiger partial charge in [0.2, 0.25) is 0 Å². The Hall–Kier alpha value is -2.47. The van der Waals surface area contributed by atoms with Gasteiger partial charge in [0.1, 0.15) is 0 Å². The van der Waals surface area contributed by atoms with E-state index in [0.717, 1.165) is 46.0 Å². The summed E-state index contributed by atoms with van der Waals surface area (Å²) in [6.07, 6.45) is 3.24. The molecule has 1 saturated heterocycles. The molecule has 1 fully saturated rings. The first-order valence-corrected chi connectivity index (χ1v) is 11.1. The first-order chi connectivity index (χ1) is 14.0. The summed E-state index contributed by atoms with van der Waals surface area (Å²) >= 11 is 1.60.